The number of hydrogen-bond acceptors (Lipinski definition) is 4. The minimum absolute atomic E-state index is 0.00380. The van der Waals surface area contributed by atoms with Crippen molar-refractivity contribution in [3.05, 3.63) is 0 Å². The van der Waals surface area contributed by atoms with Crippen LogP contribution < -0.4 is 5.32 Å². The van der Waals surface area contributed by atoms with Gasteiger partial charge >= 0.3 is 0 Å². The van der Waals surface area contributed by atoms with E-state index in [-0.39, 0.29) is 18.0 Å². The number of nitrogens with one attached hydrogen (secondary N) is 1. The second kappa shape index (κ2) is 4.72. The Morgan fingerprint density at radius 3 is 2.73 bits per heavy atom. The second-order valence-corrected chi connectivity index (χ2v) is 3.82. The maximum Gasteiger partial charge on any atom is 0.230 e. The molecule has 1 N–H and O–H groups in total. The predicted molar refractivity (Wildman–Crippen MR) is 51.0 cm³/mol. The van der Waals surface area contributed by atoms with Crippen molar-refractivity contribution in [2.24, 2.45) is 5.92 Å². The molecule has 5 heteroatoms. The molecule has 0 aromatic rings. The van der Waals surface area contributed by atoms with E-state index in [0.29, 0.717) is 32.6 Å². The van der Waals surface area contributed by atoms with Gasteiger partial charge in [-0.05, 0) is 6.42 Å². The van der Waals surface area contributed by atoms with Gasteiger partial charge in [-0.3, -0.25) is 9.59 Å². The Bertz CT molecular complexity index is 242. The molecular weight excluding hydrogens is 198 g/mol. The van der Waals surface area contributed by atoms with Gasteiger partial charge in [-0.25, -0.2) is 0 Å². The highest BCUT2D eigenvalue weighted by molar-refractivity contribution is 6.02. The summed E-state index contributed by atoms with van der Waals surface area (Å²) in [5, 5.41) is 2.73. The molecule has 2 fully saturated rings. The van der Waals surface area contributed by atoms with Crippen molar-refractivity contribution in [1.29, 1.82) is 0 Å². The molecule has 1 amide bonds. The van der Waals surface area contributed by atoms with Crippen molar-refractivity contribution in [1.82, 2.24) is 5.32 Å². The average molecular weight is 213 g/mol. The molecule has 84 valence electrons. The molecule has 15 heavy (non-hydrogen) atoms. The average Bonchev–Trinajstić information content (AvgIpc) is 2.67. The first-order valence-corrected chi connectivity index (χ1v) is 5.31. The van der Waals surface area contributed by atoms with Crippen LogP contribution in [-0.4, -0.2) is 37.7 Å². The van der Waals surface area contributed by atoms with Gasteiger partial charge in [0.05, 0.1) is 13.2 Å². The molecule has 0 radical (unpaired) electrons. The van der Waals surface area contributed by atoms with Gasteiger partial charge in [0.25, 0.3) is 0 Å². The molecule has 5 nitrogen and oxygen atoms in total. The molecule has 1 atom stereocenters. The third-order valence-corrected chi connectivity index (χ3v) is 2.72. The van der Waals surface area contributed by atoms with E-state index in [2.05, 4.69) is 5.32 Å². The van der Waals surface area contributed by atoms with Crippen LogP contribution in [0.2, 0.25) is 0 Å². The number of hydrogen-bond donors (Lipinski definition) is 1. The van der Waals surface area contributed by atoms with Crippen molar-refractivity contribution in [3.63, 3.8) is 0 Å². The number of ketones is 1. The van der Waals surface area contributed by atoms with Crippen LogP contribution in [0.1, 0.15) is 19.3 Å². The van der Waals surface area contributed by atoms with E-state index in [1.807, 2.05) is 0 Å². The fraction of sp³-hybridized carbons (Fsp3) is 0.800. The Morgan fingerprint density at radius 1 is 1.27 bits per heavy atom. The Hall–Kier alpha value is -0.940. The molecule has 0 aromatic heterocycles. The number of carbonyl (C=O) groups excluding carboxylic acids is 2. The quantitative estimate of drug-likeness (QED) is 0.648. The summed E-state index contributed by atoms with van der Waals surface area (Å²) in [6, 6.07) is 0. The standard InChI is InChI=1S/C10H15NO4/c12-8-2-1-3-11-10(13)7(8)6-9-14-4-5-15-9/h7,9H,1-6H2,(H,11,13). The first-order chi connectivity index (χ1) is 7.27. The minimum Gasteiger partial charge on any atom is -0.355 e. The molecule has 0 aliphatic carbocycles. The first-order valence-electron chi connectivity index (χ1n) is 5.31. The van der Waals surface area contributed by atoms with Gasteiger partial charge in [0.2, 0.25) is 5.91 Å². The lowest BCUT2D eigenvalue weighted by Crippen LogP contribution is -2.35. The van der Waals surface area contributed by atoms with Crippen LogP contribution in [0, 0.1) is 5.92 Å². The van der Waals surface area contributed by atoms with Crippen LogP contribution in [-0.2, 0) is 19.1 Å². The van der Waals surface area contributed by atoms with Crippen LogP contribution >= 0.6 is 0 Å². The van der Waals surface area contributed by atoms with Crippen LogP contribution in [0.4, 0.5) is 0 Å². The zero-order chi connectivity index (χ0) is 10.7. The molecule has 1 unspecified atom stereocenters. The highest BCUT2D eigenvalue weighted by Gasteiger charge is 2.32. The summed E-state index contributed by atoms with van der Waals surface area (Å²) < 4.78 is 10.5. The number of ether oxygens (including phenoxy) is 2. The third-order valence-electron chi connectivity index (χ3n) is 2.72. The molecule has 0 aromatic carbocycles. The molecular formula is C10H15NO4. The van der Waals surface area contributed by atoms with Crippen molar-refractivity contribution in [2.75, 3.05) is 19.8 Å². The molecule has 2 heterocycles. The van der Waals surface area contributed by atoms with Gasteiger partial charge in [-0.2, -0.15) is 0 Å². The van der Waals surface area contributed by atoms with E-state index in [1.165, 1.54) is 0 Å². The van der Waals surface area contributed by atoms with E-state index in [4.69, 9.17) is 9.47 Å². The summed E-state index contributed by atoms with van der Waals surface area (Å²) in [5.74, 6) is -0.767. The van der Waals surface area contributed by atoms with Gasteiger partial charge < -0.3 is 14.8 Å². The van der Waals surface area contributed by atoms with Crippen molar-refractivity contribution >= 4 is 11.7 Å². The molecule has 0 spiro atoms. The van der Waals surface area contributed by atoms with Crippen molar-refractivity contribution in [3.8, 4) is 0 Å². The SMILES string of the molecule is O=C1CCCNC(=O)C1CC1OCCO1. The highest BCUT2D eigenvalue weighted by atomic mass is 16.7. The van der Waals surface area contributed by atoms with Crippen LogP contribution in [0.25, 0.3) is 0 Å². The molecule has 2 aliphatic heterocycles. The fourth-order valence-corrected chi connectivity index (χ4v) is 1.89. The Kier molecular flexibility index (Phi) is 3.33. The summed E-state index contributed by atoms with van der Waals surface area (Å²) in [4.78, 5) is 23.2. The summed E-state index contributed by atoms with van der Waals surface area (Å²) in [6.07, 6.45) is 1.16. The van der Waals surface area contributed by atoms with Gasteiger partial charge in [0.1, 0.15) is 11.7 Å². The van der Waals surface area contributed by atoms with Crippen molar-refractivity contribution < 1.29 is 19.1 Å². The Morgan fingerprint density at radius 2 is 2.00 bits per heavy atom. The van der Waals surface area contributed by atoms with Gasteiger partial charge in [0, 0.05) is 19.4 Å². The van der Waals surface area contributed by atoms with Gasteiger partial charge in [-0.15, -0.1) is 0 Å². The van der Waals surface area contributed by atoms with Gasteiger partial charge in [-0.1, -0.05) is 0 Å². The fourth-order valence-electron chi connectivity index (χ4n) is 1.89. The van der Waals surface area contributed by atoms with Crippen LogP contribution in [0.3, 0.4) is 0 Å². The smallest absolute Gasteiger partial charge is 0.230 e. The maximum atomic E-state index is 11.6. The second-order valence-electron chi connectivity index (χ2n) is 3.82. The summed E-state index contributed by atoms with van der Waals surface area (Å²) in [5.41, 5.74) is 0. The largest absolute Gasteiger partial charge is 0.355 e. The maximum absolute atomic E-state index is 11.6. The normalized spacial score (nSPS) is 28.9. The summed E-state index contributed by atoms with van der Waals surface area (Å²) >= 11 is 0. The minimum atomic E-state index is -0.587. The highest BCUT2D eigenvalue weighted by Crippen LogP contribution is 2.19. The zero-order valence-corrected chi connectivity index (χ0v) is 8.53. The van der Waals surface area contributed by atoms with E-state index in [9.17, 15) is 9.59 Å². The molecule has 2 rings (SSSR count). The zero-order valence-electron chi connectivity index (χ0n) is 8.53. The van der Waals surface area contributed by atoms with Gasteiger partial charge in [0.15, 0.2) is 6.29 Å². The van der Waals surface area contributed by atoms with Crippen LogP contribution in [0.15, 0.2) is 0 Å². The lowest BCUT2D eigenvalue weighted by Gasteiger charge is -2.15. The van der Waals surface area contributed by atoms with E-state index < -0.39 is 5.92 Å². The number of amides is 1. The van der Waals surface area contributed by atoms with E-state index in [1.54, 1.807) is 0 Å². The number of carbonyl (C=O) groups is 2. The lowest BCUT2D eigenvalue weighted by molar-refractivity contribution is -0.138. The van der Waals surface area contributed by atoms with Crippen molar-refractivity contribution in [2.45, 2.75) is 25.6 Å². The molecule has 0 bridgehead atoms. The lowest BCUT2D eigenvalue weighted by atomic mass is 9.97. The summed E-state index contributed by atoms with van der Waals surface area (Å²) in [7, 11) is 0. The monoisotopic (exact) mass is 213 g/mol. The first kappa shape index (κ1) is 10.6. The Labute approximate surface area is 88.1 Å². The number of Topliss-reactive ketones (excluding diaryl/α,β-unsaturated/α-hetero) is 1. The summed E-state index contributed by atoms with van der Waals surface area (Å²) in [6.45, 7) is 1.69. The third kappa shape index (κ3) is 2.54. The predicted octanol–water partition coefficient (Wildman–Crippen LogP) is -0.155. The molecule has 2 saturated heterocycles. The molecule has 0 saturated carbocycles. The van der Waals surface area contributed by atoms with E-state index >= 15 is 0 Å². The van der Waals surface area contributed by atoms with E-state index in [0.717, 1.165) is 6.42 Å². The topological polar surface area (TPSA) is 64.6 Å². The van der Waals surface area contributed by atoms with Crippen LogP contribution in [0.5, 0.6) is 0 Å². The Balaban J connectivity index is 1.96. The number of rotatable bonds is 2. The molecule has 2 aliphatic rings.